The van der Waals surface area contributed by atoms with Gasteiger partial charge in [-0.3, -0.25) is 0 Å². The molecular weight excluding hydrogens is 164 g/mol. The fourth-order valence-electron chi connectivity index (χ4n) is 0.994. The molecule has 0 fully saturated rings. The number of rotatable bonds is 5. The van der Waals surface area contributed by atoms with Crippen molar-refractivity contribution >= 4 is 11.6 Å². The molecule has 0 aromatic rings. The molecule has 0 amide bonds. The van der Waals surface area contributed by atoms with E-state index in [9.17, 15) is 0 Å². The quantitative estimate of drug-likeness (QED) is 0.670. The van der Waals surface area contributed by atoms with E-state index in [1.54, 1.807) is 0 Å². The zero-order chi connectivity index (χ0) is 8.91. The average molecular weight is 179 g/mol. The van der Waals surface area contributed by atoms with Crippen LogP contribution in [0.25, 0.3) is 0 Å². The van der Waals surface area contributed by atoms with Crippen molar-refractivity contribution in [2.45, 2.75) is 19.8 Å². The fraction of sp³-hybridized carbons (Fsp3) is 0.750. The molecule has 11 heavy (non-hydrogen) atoms. The lowest BCUT2D eigenvalue weighted by molar-refractivity contribution is 0.0825. The normalized spacial score (nSPS) is 11.6. The van der Waals surface area contributed by atoms with E-state index in [0.717, 1.165) is 6.42 Å². The summed E-state index contributed by atoms with van der Waals surface area (Å²) in [6, 6.07) is 0. The molecule has 0 saturated carbocycles. The Morgan fingerprint density at radius 3 is 2.00 bits per heavy atom. The van der Waals surface area contributed by atoms with Crippen LogP contribution in [-0.4, -0.2) is 23.4 Å². The van der Waals surface area contributed by atoms with Gasteiger partial charge in [-0.25, -0.2) is 0 Å². The van der Waals surface area contributed by atoms with Crippen molar-refractivity contribution in [1.29, 1.82) is 0 Å². The molecule has 0 saturated heterocycles. The number of hydrogen-bond donors (Lipinski definition) is 2. The molecular formula is C8H15ClO2. The second-order valence-corrected chi connectivity index (χ2v) is 3.21. The first-order chi connectivity index (χ1) is 5.13. The van der Waals surface area contributed by atoms with Gasteiger partial charge in [-0.1, -0.05) is 31.5 Å². The maximum Gasteiger partial charge on any atom is 0.0558 e. The highest BCUT2D eigenvalue weighted by molar-refractivity contribution is 6.30. The first-order valence-corrected chi connectivity index (χ1v) is 4.07. The van der Waals surface area contributed by atoms with Gasteiger partial charge in [0.2, 0.25) is 0 Å². The van der Waals surface area contributed by atoms with Crippen molar-refractivity contribution in [3.8, 4) is 0 Å². The second-order valence-electron chi connectivity index (χ2n) is 2.75. The zero-order valence-electron chi connectivity index (χ0n) is 6.81. The number of aliphatic hydroxyl groups is 2. The molecule has 0 aliphatic carbocycles. The van der Waals surface area contributed by atoms with Gasteiger partial charge in [-0.15, -0.1) is 0 Å². The SMILES string of the molecule is C=C(Cl)C(CO)(CO)CCC. The minimum absolute atomic E-state index is 0.139. The summed E-state index contributed by atoms with van der Waals surface area (Å²) < 4.78 is 0. The number of aliphatic hydroxyl groups excluding tert-OH is 2. The molecule has 0 aliphatic heterocycles. The third kappa shape index (κ3) is 2.47. The Bertz CT molecular complexity index is 130. The van der Waals surface area contributed by atoms with Crippen molar-refractivity contribution in [2.24, 2.45) is 5.41 Å². The summed E-state index contributed by atoms with van der Waals surface area (Å²) in [7, 11) is 0. The first kappa shape index (κ1) is 11.0. The molecule has 0 aromatic heterocycles. The van der Waals surface area contributed by atoms with E-state index < -0.39 is 5.41 Å². The Morgan fingerprint density at radius 1 is 1.45 bits per heavy atom. The van der Waals surface area contributed by atoms with Crippen LogP contribution >= 0.6 is 11.6 Å². The van der Waals surface area contributed by atoms with E-state index in [2.05, 4.69) is 6.58 Å². The molecule has 66 valence electrons. The third-order valence-corrected chi connectivity index (χ3v) is 2.31. The molecule has 0 radical (unpaired) electrons. The van der Waals surface area contributed by atoms with Crippen LogP contribution < -0.4 is 0 Å². The van der Waals surface area contributed by atoms with E-state index >= 15 is 0 Å². The summed E-state index contributed by atoms with van der Waals surface area (Å²) in [6.45, 7) is 5.23. The molecule has 2 nitrogen and oxygen atoms in total. The van der Waals surface area contributed by atoms with Crippen molar-refractivity contribution in [2.75, 3.05) is 13.2 Å². The van der Waals surface area contributed by atoms with Gasteiger partial charge in [0.15, 0.2) is 0 Å². The topological polar surface area (TPSA) is 40.5 Å². The first-order valence-electron chi connectivity index (χ1n) is 3.69. The molecule has 0 aliphatic rings. The van der Waals surface area contributed by atoms with Crippen molar-refractivity contribution in [3.63, 3.8) is 0 Å². The molecule has 0 bridgehead atoms. The van der Waals surface area contributed by atoms with Crippen LogP contribution in [0.15, 0.2) is 11.6 Å². The fourth-order valence-corrected chi connectivity index (χ4v) is 1.21. The molecule has 2 N–H and O–H groups in total. The van der Waals surface area contributed by atoms with Crippen LogP contribution in [-0.2, 0) is 0 Å². The smallest absolute Gasteiger partial charge is 0.0558 e. The van der Waals surface area contributed by atoms with Crippen molar-refractivity contribution in [3.05, 3.63) is 11.6 Å². The Balaban J connectivity index is 4.32. The third-order valence-electron chi connectivity index (χ3n) is 1.91. The minimum atomic E-state index is -0.684. The van der Waals surface area contributed by atoms with Gasteiger partial charge >= 0.3 is 0 Å². The Kier molecular flexibility index (Phi) is 4.73. The summed E-state index contributed by atoms with van der Waals surface area (Å²) >= 11 is 5.67. The average Bonchev–Trinajstić information content (AvgIpc) is 2.00. The van der Waals surface area contributed by atoms with Crippen LogP contribution in [0, 0.1) is 5.41 Å². The summed E-state index contributed by atoms with van der Waals surface area (Å²) in [5, 5.41) is 18.3. The van der Waals surface area contributed by atoms with Crippen molar-refractivity contribution < 1.29 is 10.2 Å². The van der Waals surface area contributed by atoms with E-state index in [-0.39, 0.29) is 13.2 Å². The lowest BCUT2D eigenvalue weighted by Crippen LogP contribution is -2.29. The van der Waals surface area contributed by atoms with Gasteiger partial charge in [0.25, 0.3) is 0 Å². The van der Waals surface area contributed by atoms with Gasteiger partial charge in [-0.05, 0) is 6.42 Å². The summed E-state index contributed by atoms with van der Waals surface area (Å²) in [6.07, 6.45) is 1.54. The monoisotopic (exact) mass is 178 g/mol. The summed E-state index contributed by atoms with van der Waals surface area (Å²) in [5.41, 5.74) is -0.684. The Morgan fingerprint density at radius 2 is 1.91 bits per heavy atom. The second kappa shape index (κ2) is 4.75. The lowest BCUT2D eigenvalue weighted by atomic mass is 9.85. The number of halogens is 1. The molecule has 0 rings (SSSR count). The molecule has 0 atom stereocenters. The van der Waals surface area contributed by atoms with Crippen LogP contribution in [0.1, 0.15) is 19.8 Å². The largest absolute Gasteiger partial charge is 0.395 e. The zero-order valence-corrected chi connectivity index (χ0v) is 7.56. The molecule has 0 unspecified atom stereocenters. The van der Waals surface area contributed by atoms with Gasteiger partial charge in [0.1, 0.15) is 0 Å². The number of hydrogen-bond acceptors (Lipinski definition) is 2. The van der Waals surface area contributed by atoms with Crippen molar-refractivity contribution in [1.82, 2.24) is 0 Å². The molecule has 0 spiro atoms. The van der Waals surface area contributed by atoms with Crippen LogP contribution in [0.4, 0.5) is 0 Å². The maximum absolute atomic E-state index is 8.97. The Hall–Kier alpha value is -0.0500. The summed E-state index contributed by atoms with van der Waals surface area (Å²) in [4.78, 5) is 0. The van der Waals surface area contributed by atoms with E-state index in [0.29, 0.717) is 11.5 Å². The molecule has 3 heteroatoms. The maximum atomic E-state index is 8.97. The van der Waals surface area contributed by atoms with Gasteiger partial charge in [0, 0.05) is 5.03 Å². The van der Waals surface area contributed by atoms with Crippen LogP contribution in [0.3, 0.4) is 0 Å². The van der Waals surface area contributed by atoms with E-state index in [1.165, 1.54) is 0 Å². The highest BCUT2D eigenvalue weighted by Crippen LogP contribution is 2.32. The standard InChI is InChI=1S/C8H15ClO2/c1-3-4-8(5-10,6-11)7(2)9/h10-11H,2-6H2,1H3. The van der Waals surface area contributed by atoms with E-state index in [4.69, 9.17) is 21.8 Å². The van der Waals surface area contributed by atoms with Gasteiger partial charge in [-0.2, -0.15) is 0 Å². The summed E-state index contributed by atoms with van der Waals surface area (Å²) in [5.74, 6) is 0. The van der Waals surface area contributed by atoms with Gasteiger partial charge in [0.05, 0.1) is 18.6 Å². The van der Waals surface area contributed by atoms with E-state index in [1.807, 2.05) is 6.92 Å². The highest BCUT2D eigenvalue weighted by atomic mass is 35.5. The van der Waals surface area contributed by atoms with Crippen LogP contribution in [0.5, 0.6) is 0 Å². The highest BCUT2D eigenvalue weighted by Gasteiger charge is 2.29. The lowest BCUT2D eigenvalue weighted by Gasteiger charge is -2.28. The van der Waals surface area contributed by atoms with Gasteiger partial charge < -0.3 is 10.2 Å². The molecule has 0 aromatic carbocycles. The predicted molar refractivity (Wildman–Crippen MR) is 46.5 cm³/mol. The minimum Gasteiger partial charge on any atom is -0.395 e. The Labute approximate surface area is 72.5 Å². The molecule has 0 heterocycles. The predicted octanol–water partition coefficient (Wildman–Crippen LogP) is 1.51. The van der Waals surface area contributed by atoms with Crippen LogP contribution in [0.2, 0.25) is 0 Å².